The second-order valence-electron chi connectivity index (χ2n) is 16.7. The zero-order valence-corrected chi connectivity index (χ0v) is 38.6. The van der Waals surface area contributed by atoms with Gasteiger partial charge < -0.3 is 4.42 Å². The summed E-state index contributed by atoms with van der Waals surface area (Å²) in [5.41, 5.74) is 13.1. The van der Waals surface area contributed by atoms with Crippen molar-refractivity contribution in [3.05, 3.63) is 198 Å². The molecular weight excluding hydrogens is 957 g/mol. The van der Waals surface area contributed by atoms with Gasteiger partial charge in [-0.2, -0.15) is 0 Å². The molecular formula is C54H46GeIrN2O-2. The van der Waals surface area contributed by atoms with Crippen molar-refractivity contribution < 1.29 is 24.5 Å². The van der Waals surface area contributed by atoms with Crippen molar-refractivity contribution in [2.24, 2.45) is 10.9 Å². The van der Waals surface area contributed by atoms with E-state index < -0.39 is 13.3 Å². The van der Waals surface area contributed by atoms with Crippen molar-refractivity contribution in [1.29, 1.82) is 0 Å². The van der Waals surface area contributed by atoms with Crippen molar-refractivity contribution in [3.8, 4) is 22.4 Å². The van der Waals surface area contributed by atoms with Crippen molar-refractivity contribution >= 4 is 61.8 Å². The van der Waals surface area contributed by atoms with Crippen molar-refractivity contribution in [1.82, 2.24) is 4.98 Å². The smallest absolute Gasteiger partial charge is 0.120 e. The van der Waals surface area contributed by atoms with Gasteiger partial charge in [0.1, 0.15) is 5.58 Å². The van der Waals surface area contributed by atoms with Gasteiger partial charge in [0, 0.05) is 31.4 Å². The van der Waals surface area contributed by atoms with Gasteiger partial charge in [-0.25, -0.2) is 0 Å². The van der Waals surface area contributed by atoms with E-state index in [0.717, 1.165) is 56.6 Å². The maximum absolute atomic E-state index is 6.43. The predicted molar refractivity (Wildman–Crippen MR) is 246 cm³/mol. The fourth-order valence-corrected chi connectivity index (χ4v) is 11.7. The molecule has 1 radical (unpaired) electrons. The van der Waals surface area contributed by atoms with Gasteiger partial charge >= 0.3 is 126 Å². The predicted octanol–water partition coefficient (Wildman–Crippen LogP) is 13.8. The summed E-state index contributed by atoms with van der Waals surface area (Å²) >= 11 is -1.86. The summed E-state index contributed by atoms with van der Waals surface area (Å²) in [7, 11) is 0. The number of aliphatic imine (C=N–C) groups is 1. The topological polar surface area (TPSA) is 38.4 Å². The normalized spacial score (nSPS) is 13.5. The molecule has 9 aromatic rings. The average molecular weight is 1000 g/mol. The first-order valence-corrected chi connectivity index (χ1v) is 27.6. The van der Waals surface area contributed by atoms with Crippen molar-refractivity contribution in [2.75, 3.05) is 0 Å². The summed E-state index contributed by atoms with van der Waals surface area (Å²) in [6.07, 6.45) is 3.27. The minimum atomic E-state index is -1.86. The fraction of sp³-hybridized carbons (Fsp3) is 0.148. The molecule has 3 nitrogen and oxygen atoms in total. The van der Waals surface area contributed by atoms with Gasteiger partial charge in [0.2, 0.25) is 0 Å². The van der Waals surface area contributed by atoms with Crippen LogP contribution in [0.15, 0.2) is 173 Å². The Morgan fingerprint density at radius 3 is 2.22 bits per heavy atom. The molecule has 1 atom stereocenters. The minimum absolute atomic E-state index is 0. The third-order valence-electron chi connectivity index (χ3n) is 11.1. The summed E-state index contributed by atoms with van der Waals surface area (Å²) < 4.78 is 7.97. The van der Waals surface area contributed by atoms with Gasteiger partial charge in [0.15, 0.2) is 0 Å². The molecule has 7 aromatic carbocycles. The molecule has 0 spiro atoms. The van der Waals surface area contributed by atoms with E-state index in [0.29, 0.717) is 5.92 Å². The Hall–Kier alpha value is -5.39. The maximum atomic E-state index is 6.43. The Morgan fingerprint density at radius 2 is 1.42 bits per heavy atom. The molecule has 2 aromatic heterocycles. The molecule has 0 N–H and O–H groups in total. The van der Waals surface area contributed by atoms with Crippen LogP contribution in [0.25, 0.3) is 55.1 Å². The van der Waals surface area contributed by atoms with Gasteiger partial charge in [-0.15, -0.1) is 18.2 Å². The summed E-state index contributed by atoms with van der Waals surface area (Å²) in [5.74, 6) is 7.96. The monoisotopic (exact) mass is 1010 g/mol. The molecule has 10 rings (SSSR count). The van der Waals surface area contributed by atoms with Crippen LogP contribution < -0.4 is 4.40 Å². The van der Waals surface area contributed by atoms with Gasteiger partial charge in [-0.05, 0) is 56.9 Å². The molecule has 0 aliphatic carbocycles. The Kier molecular flexibility index (Phi) is 11.7. The van der Waals surface area contributed by atoms with Crippen LogP contribution in [0, 0.1) is 18.1 Å². The van der Waals surface area contributed by atoms with E-state index in [9.17, 15) is 0 Å². The molecule has 0 saturated heterocycles. The number of benzene rings is 7. The Balaban J connectivity index is 0.000000197. The molecule has 0 bridgehead atoms. The van der Waals surface area contributed by atoms with Crippen LogP contribution in [-0.4, -0.2) is 24.0 Å². The zero-order valence-electron chi connectivity index (χ0n) is 34.1. The van der Waals surface area contributed by atoms with Crippen LogP contribution in [0.4, 0.5) is 5.69 Å². The second-order valence-corrected chi connectivity index (χ2v) is 27.3. The number of fused-ring (bicyclic) bond motifs is 5. The van der Waals surface area contributed by atoms with E-state index in [1.54, 1.807) is 4.40 Å². The van der Waals surface area contributed by atoms with Crippen LogP contribution in [-0.2, 0) is 26.5 Å². The van der Waals surface area contributed by atoms with E-state index in [1.807, 2.05) is 36.4 Å². The molecule has 293 valence electrons. The molecule has 1 unspecified atom stereocenters. The maximum Gasteiger partial charge on any atom is 0.120 e. The first-order valence-electron chi connectivity index (χ1n) is 20.3. The fourth-order valence-electron chi connectivity index (χ4n) is 8.41. The molecule has 0 amide bonds. The molecule has 0 fully saturated rings. The average Bonchev–Trinajstić information content (AvgIpc) is 3.82. The second kappa shape index (κ2) is 17.1. The third kappa shape index (κ3) is 8.15. The number of pyridine rings is 1. The van der Waals surface area contributed by atoms with E-state index in [1.165, 1.54) is 38.6 Å². The van der Waals surface area contributed by atoms with E-state index in [4.69, 9.17) is 14.4 Å². The molecule has 0 saturated carbocycles. The first-order chi connectivity index (χ1) is 28.2. The van der Waals surface area contributed by atoms with E-state index in [2.05, 4.69) is 171 Å². The van der Waals surface area contributed by atoms with Gasteiger partial charge in [-0.3, -0.25) is 4.99 Å². The van der Waals surface area contributed by atoms with Crippen LogP contribution in [0.2, 0.25) is 17.3 Å². The van der Waals surface area contributed by atoms with Crippen LogP contribution in [0.1, 0.15) is 42.0 Å². The number of nitrogens with zero attached hydrogens (tertiary/aromatic N) is 2. The Labute approximate surface area is 364 Å². The standard InChI is InChI=1S/C36H22NO.C18H24GeN.Ir/c1-2-10-23(11-3-1)25-21-20-24-12-8-15-27(31(24)22-25)34-29-14-4-6-18-32(29)37-35(34)30-17-9-16-28-26-13-5-7-19-33(26)38-36(28)30;1-14(2)11-16-12-18(15-9-7-6-8-10-15)20-13-17(16)19(3,4)5;/h1-16,18-22,34H;6-9,12-14H,11H2,1-5H3;/q2*-1;. The van der Waals surface area contributed by atoms with Crippen molar-refractivity contribution in [3.63, 3.8) is 0 Å². The molecule has 59 heavy (non-hydrogen) atoms. The number of hydrogen-bond donors (Lipinski definition) is 0. The number of furan rings is 1. The summed E-state index contributed by atoms with van der Waals surface area (Å²) in [6, 6.07) is 61.9. The van der Waals surface area contributed by atoms with E-state index in [-0.39, 0.29) is 26.0 Å². The quantitative estimate of drug-likeness (QED) is 0.118. The molecule has 5 heteroatoms. The number of rotatable bonds is 7. The van der Waals surface area contributed by atoms with Crippen molar-refractivity contribution in [2.45, 2.75) is 43.5 Å². The largest absolute Gasteiger partial charge is 0.501 e. The minimum Gasteiger partial charge on any atom is -0.501 e. The van der Waals surface area contributed by atoms with E-state index >= 15 is 0 Å². The first kappa shape index (κ1) is 40.4. The molecule has 1 aliphatic rings. The van der Waals surface area contributed by atoms with Gasteiger partial charge in [-0.1, -0.05) is 108 Å². The Bertz CT molecular complexity index is 2940. The summed E-state index contributed by atoms with van der Waals surface area (Å²) in [5, 5.41) is 4.66. The zero-order chi connectivity index (χ0) is 39.8. The van der Waals surface area contributed by atoms with Crippen LogP contribution in [0.3, 0.4) is 0 Å². The van der Waals surface area contributed by atoms with Crippen LogP contribution >= 0.6 is 0 Å². The molecule has 1 aliphatic heterocycles. The SMILES string of the molecule is CC(C)Cc1cc(-c2[c-]cccc2)nc[c]1[Ge]([CH3])([CH3])[CH3].[Ir].[c-]1ccc2c(oc3ccccc32)c1C1=Nc2ccccc2C1c1cccc2ccc(-c3ccccc3)cc12. The summed E-state index contributed by atoms with van der Waals surface area (Å²) in [6.45, 7) is 4.57. The Morgan fingerprint density at radius 1 is 0.661 bits per heavy atom. The number of para-hydroxylation sites is 2. The van der Waals surface area contributed by atoms with Gasteiger partial charge in [0.25, 0.3) is 0 Å². The number of hydrogen-bond acceptors (Lipinski definition) is 3. The third-order valence-corrected chi connectivity index (χ3v) is 15.4. The van der Waals surface area contributed by atoms with Gasteiger partial charge in [0.05, 0.1) is 11.3 Å². The summed E-state index contributed by atoms with van der Waals surface area (Å²) in [4.78, 5) is 9.91. The number of aromatic nitrogens is 1. The molecule has 3 heterocycles. The van der Waals surface area contributed by atoms with Crippen LogP contribution in [0.5, 0.6) is 0 Å².